The van der Waals surface area contributed by atoms with Crippen LogP contribution in [-0.4, -0.2) is 47.9 Å². The lowest BCUT2D eigenvalue weighted by atomic mass is 10.0. The van der Waals surface area contributed by atoms with Gasteiger partial charge in [0.2, 0.25) is 5.88 Å². The largest absolute Gasteiger partial charge is 0.490 e. The maximum absolute atomic E-state index is 13.1. The second-order valence-corrected chi connectivity index (χ2v) is 7.53. The summed E-state index contributed by atoms with van der Waals surface area (Å²) in [5.74, 6) is 0.923. The van der Waals surface area contributed by atoms with Crippen molar-refractivity contribution in [3.63, 3.8) is 0 Å². The van der Waals surface area contributed by atoms with E-state index in [4.69, 9.17) is 14.5 Å². The zero-order valence-corrected chi connectivity index (χ0v) is 17.2. The Balaban J connectivity index is 1.51. The highest BCUT2D eigenvalue weighted by atomic mass is 19.4. The molecule has 2 aromatic heterocycles. The van der Waals surface area contributed by atoms with Gasteiger partial charge in [0.15, 0.2) is 0 Å². The molecule has 1 aliphatic heterocycles. The van der Waals surface area contributed by atoms with Crippen molar-refractivity contribution >= 4 is 11.3 Å². The number of benzene rings is 1. The molecule has 6 nitrogen and oxygen atoms in total. The normalized spacial score (nSPS) is 15.0. The zero-order chi connectivity index (χ0) is 22.3. The quantitative estimate of drug-likeness (QED) is 0.603. The van der Waals surface area contributed by atoms with Gasteiger partial charge in [0, 0.05) is 29.8 Å². The van der Waals surface area contributed by atoms with Crippen molar-refractivity contribution in [2.45, 2.75) is 12.6 Å². The minimum atomic E-state index is -4.30. The van der Waals surface area contributed by atoms with Gasteiger partial charge in [0.05, 0.1) is 42.6 Å². The van der Waals surface area contributed by atoms with E-state index < -0.39 is 12.7 Å². The third-order valence-corrected chi connectivity index (χ3v) is 5.44. The Kier molecular flexibility index (Phi) is 4.96. The molecule has 1 aliphatic carbocycles. The summed E-state index contributed by atoms with van der Waals surface area (Å²) in [6, 6.07) is 8.91. The van der Waals surface area contributed by atoms with E-state index in [1.165, 1.54) is 4.90 Å². The van der Waals surface area contributed by atoms with Crippen LogP contribution >= 0.6 is 0 Å². The van der Waals surface area contributed by atoms with Gasteiger partial charge in [-0.3, -0.25) is 4.98 Å². The number of rotatable bonds is 4. The number of pyridine rings is 1. The van der Waals surface area contributed by atoms with Crippen molar-refractivity contribution in [3.05, 3.63) is 65.8 Å². The highest BCUT2D eigenvalue weighted by Gasteiger charge is 2.33. The van der Waals surface area contributed by atoms with Crippen LogP contribution in [0.5, 0.6) is 11.6 Å². The number of allylic oxidation sites excluding steroid dienone is 1. The van der Waals surface area contributed by atoms with Gasteiger partial charge in [-0.1, -0.05) is 12.1 Å². The summed E-state index contributed by atoms with van der Waals surface area (Å²) in [6.45, 7) is -0.617. The van der Waals surface area contributed by atoms with Crippen LogP contribution in [0.4, 0.5) is 18.9 Å². The van der Waals surface area contributed by atoms with Gasteiger partial charge < -0.3 is 14.4 Å². The third kappa shape index (κ3) is 3.86. The van der Waals surface area contributed by atoms with Crippen LogP contribution in [0, 0.1) is 0 Å². The topological polar surface area (TPSA) is 60.4 Å². The Morgan fingerprint density at radius 3 is 2.81 bits per heavy atom. The molecule has 0 amide bonds. The molecule has 3 heterocycles. The molecule has 0 N–H and O–H groups in total. The van der Waals surface area contributed by atoms with Crippen LogP contribution < -0.4 is 14.4 Å². The maximum Gasteiger partial charge on any atom is 0.405 e. The highest BCUT2D eigenvalue weighted by molar-refractivity contribution is 5.85. The van der Waals surface area contributed by atoms with Crippen LogP contribution in [0.2, 0.25) is 0 Å². The van der Waals surface area contributed by atoms with Gasteiger partial charge in [-0.25, -0.2) is 9.97 Å². The van der Waals surface area contributed by atoms with Crippen LogP contribution in [0.3, 0.4) is 0 Å². The van der Waals surface area contributed by atoms with Crippen molar-refractivity contribution in [1.82, 2.24) is 15.0 Å². The molecule has 3 aromatic rings. The number of ether oxygens (including phenoxy) is 2. The minimum absolute atomic E-state index is 0.180. The molecule has 0 spiro atoms. The van der Waals surface area contributed by atoms with Crippen molar-refractivity contribution in [2.75, 3.05) is 31.7 Å². The summed E-state index contributed by atoms with van der Waals surface area (Å²) in [7, 11) is 1.54. The van der Waals surface area contributed by atoms with Crippen molar-refractivity contribution < 1.29 is 22.6 Å². The molecule has 1 aromatic carbocycles. The number of hydrogen-bond acceptors (Lipinski definition) is 6. The number of nitrogens with zero attached hydrogens (tertiary/aromatic N) is 4. The zero-order valence-electron chi connectivity index (χ0n) is 17.2. The summed E-state index contributed by atoms with van der Waals surface area (Å²) in [5.41, 5.74) is 5.08. The monoisotopic (exact) mass is 440 g/mol. The molecule has 32 heavy (non-hydrogen) atoms. The summed E-state index contributed by atoms with van der Waals surface area (Å²) in [5, 5.41) is 0. The summed E-state index contributed by atoms with van der Waals surface area (Å²) < 4.78 is 50.0. The predicted molar refractivity (Wildman–Crippen MR) is 113 cm³/mol. The van der Waals surface area contributed by atoms with E-state index in [1.807, 2.05) is 18.2 Å². The van der Waals surface area contributed by atoms with Gasteiger partial charge in [0.25, 0.3) is 0 Å². The van der Waals surface area contributed by atoms with E-state index in [9.17, 15) is 13.2 Å². The van der Waals surface area contributed by atoms with Gasteiger partial charge in [-0.2, -0.15) is 13.2 Å². The van der Waals surface area contributed by atoms with E-state index in [-0.39, 0.29) is 13.2 Å². The van der Waals surface area contributed by atoms with Gasteiger partial charge in [-0.15, -0.1) is 0 Å². The standard InChI is InChI=1S/C23H19F3N4O2/c1-31-21-11-15(6-7-27-21)18-12-28-17-4-3-16(22(17)29-18)14-2-5-20-19(10-14)30(8-9-32-20)13-23(24,25)26/h2-3,5-7,10-12H,4,8-9,13H2,1H3. The molecule has 164 valence electrons. The van der Waals surface area contributed by atoms with Crippen LogP contribution in [-0.2, 0) is 6.42 Å². The number of alkyl halides is 3. The first-order valence-electron chi connectivity index (χ1n) is 10.1. The highest BCUT2D eigenvalue weighted by Crippen LogP contribution is 2.39. The Hall–Kier alpha value is -3.62. The molecule has 2 aliphatic rings. The molecule has 9 heteroatoms. The molecule has 0 saturated heterocycles. The Morgan fingerprint density at radius 2 is 2.00 bits per heavy atom. The van der Waals surface area contributed by atoms with E-state index in [0.29, 0.717) is 29.4 Å². The van der Waals surface area contributed by atoms with E-state index in [1.54, 1.807) is 37.7 Å². The predicted octanol–water partition coefficient (Wildman–Crippen LogP) is 4.30. The van der Waals surface area contributed by atoms with Gasteiger partial charge in [-0.05, 0) is 23.8 Å². The minimum Gasteiger partial charge on any atom is -0.490 e. The molecule has 0 bridgehead atoms. The number of aromatic nitrogens is 3. The SMILES string of the molecule is COc1cc(-c2cnc3c(n2)C(c2ccc4c(c2)N(CC(F)(F)F)CCO4)=CC3)ccn1. The maximum atomic E-state index is 13.1. The van der Waals surface area contributed by atoms with E-state index >= 15 is 0 Å². The van der Waals surface area contributed by atoms with Crippen LogP contribution in [0.15, 0.2) is 48.8 Å². The summed E-state index contributed by atoms with van der Waals surface area (Å²) >= 11 is 0. The molecule has 5 rings (SSSR count). The second kappa shape index (κ2) is 7.81. The van der Waals surface area contributed by atoms with Gasteiger partial charge in [0.1, 0.15) is 18.9 Å². The number of halogens is 3. The molecule has 0 saturated carbocycles. The number of fused-ring (bicyclic) bond motifs is 2. The summed E-state index contributed by atoms with van der Waals surface area (Å²) in [6.07, 6.45) is 1.66. The lowest BCUT2D eigenvalue weighted by molar-refractivity contribution is -0.120. The van der Waals surface area contributed by atoms with Crippen molar-refractivity contribution in [3.8, 4) is 22.9 Å². The van der Waals surface area contributed by atoms with Gasteiger partial charge >= 0.3 is 6.18 Å². The van der Waals surface area contributed by atoms with E-state index in [2.05, 4.69) is 9.97 Å². The van der Waals surface area contributed by atoms with Crippen LogP contribution in [0.1, 0.15) is 17.0 Å². The molecule has 0 radical (unpaired) electrons. The molecule has 0 fully saturated rings. The fraction of sp³-hybridized carbons (Fsp3) is 0.261. The van der Waals surface area contributed by atoms with Crippen LogP contribution in [0.25, 0.3) is 16.8 Å². The fourth-order valence-electron chi connectivity index (χ4n) is 3.97. The number of anilines is 1. The number of hydrogen-bond donors (Lipinski definition) is 0. The first-order chi connectivity index (χ1) is 15.4. The third-order valence-electron chi connectivity index (χ3n) is 5.44. The molecular weight excluding hydrogens is 421 g/mol. The molecule has 0 unspecified atom stereocenters. The van der Waals surface area contributed by atoms with Crippen molar-refractivity contribution in [1.29, 1.82) is 0 Å². The average Bonchev–Trinajstić information content (AvgIpc) is 3.21. The summed E-state index contributed by atoms with van der Waals surface area (Å²) in [4.78, 5) is 14.8. The average molecular weight is 440 g/mol. The lowest BCUT2D eigenvalue weighted by Gasteiger charge is -2.32. The first kappa shape index (κ1) is 20.3. The Morgan fingerprint density at radius 1 is 1.12 bits per heavy atom. The lowest BCUT2D eigenvalue weighted by Crippen LogP contribution is -2.39. The first-order valence-corrected chi connectivity index (χ1v) is 10.1. The number of methoxy groups -OCH3 is 1. The molecule has 0 atom stereocenters. The second-order valence-electron chi connectivity index (χ2n) is 7.53. The Bertz CT molecular complexity index is 1210. The molecular formula is C23H19F3N4O2. The smallest absolute Gasteiger partial charge is 0.405 e. The van der Waals surface area contributed by atoms with Crippen molar-refractivity contribution in [2.24, 2.45) is 0 Å². The van der Waals surface area contributed by atoms with E-state index in [0.717, 1.165) is 28.1 Å². The fourth-order valence-corrected chi connectivity index (χ4v) is 3.97. The Labute approximate surface area is 182 Å².